The Morgan fingerprint density at radius 1 is 1.28 bits per heavy atom. The lowest BCUT2D eigenvalue weighted by Gasteiger charge is -2.30. The van der Waals surface area contributed by atoms with Gasteiger partial charge in [0.25, 0.3) is 0 Å². The maximum absolute atomic E-state index is 11.8. The highest BCUT2D eigenvalue weighted by Crippen LogP contribution is 2.17. The van der Waals surface area contributed by atoms with Crippen LogP contribution in [0.5, 0.6) is 0 Å². The number of carbonyl (C=O) groups is 1. The Labute approximate surface area is 110 Å². The zero-order chi connectivity index (χ0) is 14.2. The largest absolute Gasteiger partial charge is 0.411 e. The summed E-state index contributed by atoms with van der Waals surface area (Å²) in [5.41, 5.74) is -0.483. The van der Waals surface area contributed by atoms with Crippen LogP contribution in [0.4, 0.5) is 13.2 Å². The van der Waals surface area contributed by atoms with Crippen LogP contribution in [-0.2, 0) is 9.53 Å². The minimum absolute atomic E-state index is 0.102. The number of ether oxygens (including phenoxy) is 1. The van der Waals surface area contributed by atoms with Crippen molar-refractivity contribution in [2.24, 2.45) is 0 Å². The maximum Gasteiger partial charge on any atom is 0.411 e. The van der Waals surface area contributed by atoms with E-state index in [0.29, 0.717) is 12.8 Å². The number of nitrogens with one attached hydrogen (secondary N) is 1. The van der Waals surface area contributed by atoms with Crippen LogP contribution < -0.4 is 5.32 Å². The Kier molecular flexibility index (Phi) is 7.62. The predicted octanol–water partition coefficient (Wildman–Crippen LogP) is 2.87. The highest BCUT2D eigenvalue weighted by molar-refractivity contribution is 6.18. The van der Waals surface area contributed by atoms with Crippen LogP contribution in [-0.4, -0.2) is 36.7 Å². The minimum Gasteiger partial charge on any atom is -0.372 e. The van der Waals surface area contributed by atoms with Gasteiger partial charge in [-0.3, -0.25) is 4.79 Å². The zero-order valence-electron chi connectivity index (χ0n) is 10.6. The lowest BCUT2D eigenvalue weighted by atomic mass is 9.95. The average molecular weight is 290 g/mol. The zero-order valence-corrected chi connectivity index (χ0v) is 11.3. The Bertz CT molecular complexity index is 247. The van der Waals surface area contributed by atoms with Crippen molar-refractivity contribution in [1.82, 2.24) is 5.32 Å². The van der Waals surface area contributed by atoms with E-state index in [-0.39, 0.29) is 24.8 Å². The van der Waals surface area contributed by atoms with Gasteiger partial charge in [-0.1, -0.05) is 13.8 Å². The number of halogens is 4. The van der Waals surface area contributed by atoms with Gasteiger partial charge >= 0.3 is 6.18 Å². The molecule has 0 radical (unpaired) electrons. The van der Waals surface area contributed by atoms with Gasteiger partial charge < -0.3 is 10.1 Å². The van der Waals surface area contributed by atoms with Crippen LogP contribution >= 0.6 is 11.6 Å². The molecule has 0 aliphatic heterocycles. The standard InChI is InChI=1S/C11H19ClF3NO2/c1-3-10(4-2,7-12)16-9(17)5-6-18-8-11(13,14)15/h3-8H2,1-2H3,(H,16,17). The summed E-state index contributed by atoms with van der Waals surface area (Å²) in [6, 6.07) is 0. The van der Waals surface area contributed by atoms with Crippen molar-refractivity contribution in [3.05, 3.63) is 0 Å². The van der Waals surface area contributed by atoms with Crippen LogP contribution in [0.15, 0.2) is 0 Å². The van der Waals surface area contributed by atoms with E-state index in [2.05, 4.69) is 10.1 Å². The van der Waals surface area contributed by atoms with E-state index in [4.69, 9.17) is 11.6 Å². The molecule has 1 amide bonds. The van der Waals surface area contributed by atoms with E-state index in [1.807, 2.05) is 13.8 Å². The number of amides is 1. The van der Waals surface area contributed by atoms with E-state index in [1.54, 1.807) is 0 Å². The molecule has 0 saturated heterocycles. The first-order chi connectivity index (χ1) is 8.28. The molecule has 0 fully saturated rings. The van der Waals surface area contributed by atoms with Gasteiger partial charge in [0, 0.05) is 12.3 Å². The van der Waals surface area contributed by atoms with E-state index in [0.717, 1.165) is 0 Å². The van der Waals surface area contributed by atoms with E-state index in [1.165, 1.54) is 0 Å². The molecule has 0 aromatic heterocycles. The SMILES string of the molecule is CCC(CC)(CCl)NC(=O)CCOCC(F)(F)F. The predicted molar refractivity (Wildman–Crippen MR) is 63.7 cm³/mol. The molecular weight excluding hydrogens is 271 g/mol. The van der Waals surface area contributed by atoms with Crippen LogP contribution in [0.1, 0.15) is 33.1 Å². The number of carbonyl (C=O) groups excluding carboxylic acids is 1. The fraction of sp³-hybridized carbons (Fsp3) is 0.909. The second-order valence-electron chi connectivity index (χ2n) is 4.09. The molecule has 0 bridgehead atoms. The van der Waals surface area contributed by atoms with Crippen molar-refractivity contribution < 1.29 is 22.7 Å². The van der Waals surface area contributed by atoms with Crippen molar-refractivity contribution in [2.45, 2.75) is 44.8 Å². The van der Waals surface area contributed by atoms with Gasteiger partial charge in [0.1, 0.15) is 6.61 Å². The summed E-state index contributed by atoms with van der Waals surface area (Å²) >= 11 is 5.80. The van der Waals surface area contributed by atoms with Gasteiger partial charge in [-0.05, 0) is 12.8 Å². The highest BCUT2D eigenvalue weighted by atomic mass is 35.5. The Hall–Kier alpha value is -0.490. The fourth-order valence-electron chi connectivity index (χ4n) is 1.36. The minimum atomic E-state index is -4.36. The van der Waals surface area contributed by atoms with Gasteiger partial charge in [0.2, 0.25) is 5.91 Å². The van der Waals surface area contributed by atoms with Gasteiger partial charge in [-0.25, -0.2) is 0 Å². The smallest absolute Gasteiger partial charge is 0.372 e. The Morgan fingerprint density at radius 2 is 1.83 bits per heavy atom. The highest BCUT2D eigenvalue weighted by Gasteiger charge is 2.28. The summed E-state index contributed by atoms with van der Waals surface area (Å²) in [5, 5.41) is 2.75. The normalized spacial score (nSPS) is 12.6. The number of hydrogen-bond acceptors (Lipinski definition) is 2. The molecule has 0 aromatic carbocycles. The molecular formula is C11H19ClF3NO2. The molecule has 108 valence electrons. The molecule has 0 aliphatic rings. The molecule has 0 atom stereocenters. The maximum atomic E-state index is 11.8. The van der Waals surface area contributed by atoms with E-state index >= 15 is 0 Å². The number of alkyl halides is 4. The van der Waals surface area contributed by atoms with Gasteiger partial charge in [0.05, 0.1) is 12.1 Å². The van der Waals surface area contributed by atoms with Gasteiger partial charge in [-0.15, -0.1) is 11.6 Å². The summed E-state index contributed by atoms with van der Waals surface area (Å²) in [7, 11) is 0. The first-order valence-electron chi connectivity index (χ1n) is 5.80. The summed E-state index contributed by atoms with van der Waals surface area (Å²) in [4.78, 5) is 11.5. The summed E-state index contributed by atoms with van der Waals surface area (Å²) in [6.07, 6.45) is -3.12. The number of hydrogen-bond donors (Lipinski definition) is 1. The molecule has 3 nitrogen and oxygen atoms in total. The van der Waals surface area contributed by atoms with Crippen molar-refractivity contribution >= 4 is 17.5 Å². The third-order valence-corrected chi connectivity index (χ3v) is 3.26. The topological polar surface area (TPSA) is 38.3 Å². The molecule has 0 heterocycles. The lowest BCUT2D eigenvalue weighted by Crippen LogP contribution is -2.49. The average Bonchev–Trinajstić information content (AvgIpc) is 2.31. The second kappa shape index (κ2) is 7.84. The van der Waals surface area contributed by atoms with Crippen LogP contribution in [0.25, 0.3) is 0 Å². The molecule has 0 aliphatic carbocycles. The third kappa shape index (κ3) is 7.06. The van der Waals surface area contributed by atoms with Crippen LogP contribution in [0.2, 0.25) is 0 Å². The Morgan fingerprint density at radius 3 is 2.22 bits per heavy atom. The van der Waals surface area contributed by atoms with Crippen LogP contribution in [0.3, 0.4) is 0 Å². The molecule has 0 unspecified atom stereocenters. The molecule has 0 aromatic rings. The quantitative estimate of drug-likeness (QED) is 0.551. The molecule has 7 heteroatoms. The van der Waals surface area contributed by atoms with Crippen molar-refractivity contribution in [1.29, 1.82) is 0 Å². The summed E-state index contributed by atoms with van der Waals surface area (Å²) in [6.45, 7) is 2.21. The number of rotatable bonds is 8. The van der Waals surface area contributed by atoms with Crippen molar-refractivity contribution in [3.63, 3.8) is 0 Å². The summed E-state index contributed by atoms with van der Waals surface area (Å²) in [5.74, 6) is -0.0728. The summed E-state index contributed by atoms with van der Waals surface area (Å²) < 4.78 is 39.7. The first-order valence-corrected chi connectivity index (χ1v) is 6.33. The lowest BCUT2D eigenvalue weighted by molar-refractivity contribution is -0.174. The molecule has 0 rings (SSSR count). The van der Waals surface area contributed by atoms with Crippen molar-refractivity contribution in [2.75, 3.05) is 19.1 Å². The molecule has 1 N–H and O–H groups in total. The monoisotopic (exact) mass is 289 g/mol. The first kappa shape index (κ1) is 17.5. The van der Waals surface area contributed by atoms with E-state index in [9.17, 15) is 18.0 Å². The molecule has 18 heavy (non-hydrogen) atoms. The van der Waals surface area contributed by atoms with Gasteiger partial charge in [0.15, 0.2) is 0 Å². The van der Waals surface area contributed by atoms with Crippen LogP contribution in [0, 0.1) is 0 Å². The van der Waals surface area contributed by atoms with Crippen molar-refractivity contribution in [3.8, 4) is 0 Å². The third-order valence-electron chi connectivity index (χ3n) is 2.75. The molecule has 0 saturated carbocycles. The van der Waals surface area contributed by atoms with Gasteiger partial charge in [-0.2, -0.15) is 13.2 Å². The van der Waals surface area contributed by atoms with E-state index < -0.39 is 18.3 Å². The second-order valence-corrected chi connectivity index (χ2v) is 4.35. The fourth-order valence-corrected chi connectivity index (χ4v) is 1.80. The molecule has 0 spiro atoms. The Balaban J connectivity index is 3.97.